The van der Waals surface area contributed by atoms with Gasteiger partial charge in [0, 0.05) is 51.8 Å². The Balaban J connectivity index is 0.00000280. The van der Waals surface area contributed by atoms with Crippen LogP contribution in [0.4, 0.5) is 10.1 Å². The summed E-state index contributed by atoms with van der Waals surface area (Å²) in [6.45, 7) is 7.56. The molecule has 0 bridgehead atoms. The van der Waals surface area contributed by atoms with Gasteiger partial charge in [0.05, 0.1) is 12.2 Å². The first-order valence-corrected chi connectivity index (χ1v) is 12.6. The Hall–Kier alpha value is -3.25. The summed E-state index contributed by atoms with van der Waals surface area (Å²) in [6.07, 6.45) is 0. The molecule has 0 fully saturated rings. The fourth-order valence-electron chi connectivity index (χ4n) is 4.23. The molecule has 218 valence electrons. The van der Waals surface area contributed by atoms with Crippen molar-refractivity contribution in [3.05, 3.63) is 65.3 Å². The largest absolute Gasteiger partial charge is 0.374 e. The SMILES string of the molecule is Cc1nc(-c2ccc(F)c(NCC(=O)N(CCNC(C)C)CC(=O)N(C)N3Cc4ccccc4C3)c2)no1.Cl.Cl. The molecule has 0 aliphatic carbocycles. The number of likely N-dealkylation sites (N-methyl/N-ethyl adjacent to an activating group) is 1. The van der Waals surface area contributed by atoms with Crippen LogP contribution in [0.5, 0.6) is 0 Å². The molecule has 2 amide bonds. The standard InChI is InChI=1S/C27H34FN7O3.2ClH/c1-18(2)29-11-12-34(17-26(37)33(4)35-15-21-7-5-6-8-22(21)16-35)25(36)14-30-24-13-20(9-10-23(24)28)27-31-19(3)38-32-27;;/h5-10,13,18,29-30H,11-12,14-17H2,1-4H3;2*1H. The molecule has 0 radical (unpaired) electrons. The number of nitrogens with zero attached hydrogens (tertiary/aromatic N) is 5. The highest BCUT2D eigenvalue weighted by molar-refractivity contribution is 5.87. The Morgan fingerprint density at radius 3 is 2.38 bits per heavy atom. The Labute approximate surface area is 246 Å². The normalized spacial score (nSPS) is 12.3. The number of halogens is 3. The van der Waals surface area contributed by atoms with Crippen LogP contribution in [0.1, 0.15) is 30.9 Å². The number of aryl methyl sites for hydroxylation is 1. The summed E-state index contributed by atoms with van der Waals surface area (Å²) in [5.41, 5.74) is 3.06. The summed E-state index contributed by atoms with van der Waals surface area (Å²) in [5, 5.41) is 13.5. The quantitative estimate of drug-likeness (QED) is 0.346. The van der Waals surface area contributed by atoms with Gasteiger partial charge in [0.25, 0.3) is 5.91 Å². The van der Waals surface area contributed by atoms with Gasteiger partial charge in [-0.3, -0.25) is 14.6 Å². The van der Waals surface area contributed by atoms with Gasteiger partial charge in [-0.15, -0.1) is 24.8 Å². The number of amides is 2. The second-order valence-electron chi connectivity index (χ2n) is 9.62. The number of fused-ring (bicyclic) bond motifs is 1. The van der Waals surface area contributed by atoms with Crippen molar-refractivity contribution >= 4 is 42.3 Å². The predicted molar refractivity (Wildman–Crippen MR) is 156 cm³/mol. The smallest absolute Gasteiger partial charge is 0.256 e. The van der Waals surface area contributed by atoms with E-state index in [1.54, 1.807) is 25.0 Å². The number of aromatic nitrogens is 2. The first-order chi connectivity index (χ1) is 18.2. The third-order valence-corrected chi connectivity index (χ3v) is 6.40. The van der Waals surface area contributed by atoms with Crippen molar-refractivity contribution in [2.45, 2.75) is 39.9 Å². The number of hydrazine groups is 1. The fourth-order valence-corrected chi connectivity index (χ4v) is 4.23. The van der Waals surface area contributed by atoms with Gasteiger partial charge in [-0.25, -0.2) is 9.40 Å². The van der Waals surface area contributed by atoms with Gasteiger partial charge in [-0.1, -0.05) is 43.3 Å². The van der Waals surface area contributed by atoms with E-state index in [4.69, 9.17) is 4.52 Å². The molecule has 0 spiro atoms. The monoisotopic (exact) mass is 595 g/mol. The first kappa shape index (κ1) is 33.0. The summed E-state index contributed by atoms with van der Waals surface area (Å²) in [4.78, 5) is 32.1. The summed E-state index contributed by atoms with van der Waals surface area (Å²) in [5.74, 6) is -0.305. The van der Waals surface area contributed by atoms with E-state index in [0.29, 0.717) is 43.5 Å². The predicted octanol–water partition coefficient (Wildman–Crippen LogP) is 3.66. The van der Waals surface area contributed by atoms with Crippen LogP contribution >= 0.6 is 24.8 Å². The topological polar surface area (TPSA) is 107 Å². The second-order valence-corrected chi connectivity index (χ2v) is 9.62. The van der Waals surface area contributed by atoms with Crippen molar-refractivity contribution in [1.82, 2.24) is 30.4 Å². The molecule has 1 aliphatic rings. The van der Waals surface area contributed by atoms with Crippen LogP contribution in [0, 0.1) is 12.7 Å². The highest BCUT2D eigenvalue weighted by atomic mass is 35.5. The molecular formula is C27H36Cl2FN7O3. The fraction of sp³-hybridized carbons (Fsp3) is 0.407. The maximum atomic E-state index is 14.5. The molecule has 0 atom stereocenters. The summed E-state index contributed by atoms with van der Waals surface area (Å²) >= 11 is 0. The maximum Gasteiger partial charge on any atom is 0.256 e. The minimum Gasteiger partial charge on any atom is -0.374 e. The number of hydrogen-bond donors (Lipinski definition) is 2. The van der Waals surface area contributed by atoms with Gasteiger partial charge in [0.15, 0.2) is 0 Å². The molecule has 10 nitrogen and oxygen atoms in total. The molecule has 0 unspecified atom stereocenters. The van der Waals surface area contributed by atoms with Crippen molar-refractivity contribution < 1.29 is 18.5 Å². The Morgan fingerprint density at radius 2 is 1.77 bits per heavy atom. The minimum atomic E-state index is -0.515. The number of carbonyl (C=O) groups excluding carboxylic acids is 2. The zero-order valence-corrected chi connectivity index (χ0v) is 24.6. The van der Waals surface area contributed by atoms with E-state index >= 15 is 0 Å². The molecule has 2 N–H and O–H groups in total. The zero-order chi connectivity index (χ0) is 27.2. The second kappa shape index (κ2) is 14.9. The summed E-state index contributed by atoms with van der Waals surface area (Å²) in [6, 6.07) is 12.7. The zero-order valence-electron chi connectivity index (χ0n) is 23.0. The summed E-state index contributed by atoms with van der Waals surface area (Å²) < 4.78 is 19.5. The lowest BCUT2D eigenvalue weighted by Crippen LogP contribution is -2.49. The number of carbonyl (C=O) groups is 2. The van der Waals surface area contributed by atoms with E-state index in [0.717, 1.165) is 0 Å². The van der Waals surface area contributed by atoms with Crippen LogP contribution in [0.2, 0.25) is 0 Å². The lowest BCUT2D eigenvalue weighted by molar-refractivity contribution is -0.151. The third kappa shape index (κ3) is 8.37. The van der Waals surface area contributed by atoms with E-state index in [-0.39, 0.29) is 61.4 Å². The van der Waals surface area contributed by atoms with Crippen LogP contribution in [-0.2, 0) is 22.7 Å². The van der Waals surface area contributed by atoms with Crippen LogP contribution in [-0.4, -0.2) is 76.1 Å². The highest BCUT2D eigenvalue weighted by Crippen LogP contribution is 2.24. The average Bonchev–Trinajstić information content (AvgIpc) is 3.53. The third-order valence-electron chi connectivity index (χ3n) is 6.40. The number of nitrogens with one attached hydrogen (secondary N) is 2. The van der Waals surface area contributed by atoms with Gasteiger partial charge >= 0.3 is 0 Å². The molecule has 2 heterocycles. The van der Waals surface area contributed by atoms with E-state index in [1.807, 2.05) is 31.0 Å². The van der Waals surface area contributed by atoms with Gasteiger partial charge in [-0.2, -0.15) is 4.98 Å². The molecule has 2 aromatic carbocycles. The Bertz CT molecular complexity index is 1270. The molecule has 1 aliphatic heterocycles. The molecular weight excluding hydrogens is 560 g/mol. The molecule has 4 rings (SSSR count). The number of anilines is 1. The van der Waals surface area contributed by atoms with Crippen LogP contribution in [0.3, 0.4) is 0 Å². The maximum absolute atomic E-state index is 14.5. The van der Waals surface area contributed by atoms with Crippen LogP contribution in [0.25, 0.3) is 11.4 Å². The van der Waals surface area contributed by atoms with E-state index < -0.39 is 5.82 Å². The Morgan fingerprint density at radius 1 is 1.10 bits per heavy atom. The van der Waals surface area contributed by atoms with Crippen LogP contribution < -0.4 is 10.6 Å². The van der Waals surface area contributed by atoms with E-state index in [2.05, 4.69) is 32.9 Å². The van der Waals surface area contributed by atoms with Crippen molar-refractivity contribution in [2.24, 2.45) is 0 Å². The van der Waals surface area contributed by atoms with Gasteiger partial charge in [-0.05, 0) is 29.3 Å². The lowest BCUT2D eigenvalue weighted by atomic mass is 10.1. The summed E-state index contributed by atoms with van der Waals surface area (Å²) in [7, 11) is 1.72. The molecule has 0 saturated carbocycles. The highest BCUT2D eigenvalue weighted by Gasteiger charge is 2.27. The first-order valence-electron chi connectivity index (χ1n) is 12.6. The molecule has 40 heavy (non-hydrogen) atoms. The van der Waals surface area contributed by atoms with Crippen molar-refractivity contribution in [2.75, 3.05) is 38.5 Å². The molecule has 13 heteroatoms. The van der Waals surface area contributed by atoms with Gasteiger partial charge in [0.1, 0.15) is 12.4 Å². The Kier molecular flexibility index (Phi) is 12.3. The van der Waals surface area contributed by atoms with Crippen LogP contribution in [0.15, 0.2) is 47.0 Å². The molecule has 0 saturated heterocycles. The average molecular weight is 597 g/mol. The van der Waals surface area contributed by atoms with E-state index in [1.165, 1.54) is 28.2 Å². The molecule has 1 aromatic heterocycles. The number of rotatable bonds is 11. The minimum absolute atomic E-state index is 0. The van der Waals surface area contributed by atoms with Crippen molar-refractivity contribution in [1.29, 1.82) is 0 Å². The lowest BCUT2D eigenvalue weighted by Gasteiger charge is -2.31. The van der Waals surface area contributed by atoms with Gasteiger partial charge in [0.2, 0.25) is 17.6 Å². The van der Waals surface area contributed by atoms with Gasteiger partial charge < -0.3 is 20.1 Å². The number of hydrogen-bond acceptors (Lipinski definition) is 8. The molecule has 3 aromatic rings. The van der Waals surface area contributed by atoms with Crippen molar-refractivity contribution in [3.63, 3.8) is 0 Å². The van der Waals surface area contributed by atoms with Crippen molar-refractivity contribution in [3.8, 4) is 11.4 Å². The number of benzene rings is 2. The van der Waals surface area contributed by atoms with E-state index in [9.17, 15) is 14.0 Å².